The van der Waals surface area contributed by atoms with Gasteiger partial charge in [0.15, 0.2) is 0 Å². The van der Waals surface area contributed by atoms with E-state index < -0.39 is 0 Å². The first-order valence-electron chi connectivity index (χ1n) is 5.40. The minimum Gasteiger partial charge on any atom is -0.338 e. The maximum atomic E-state index is 11.9. The Morgan fingerprint density at radius 1 is 1.53 bits per heavy atom. The third-order valence-corrected chi connectivity index (χ3v) is 3.73. The van der Waals surface area contributed by atoms with Crippen molar-refractivity contribution in [2.75, 3.05) is 13.1 Å². The number of fused-ring (bicyclic) bond motifs is 1. The summed E-state index contributed by atoms with van der Waals surface area (Å²) in [7, 11) is 0. The number of rotatable bonds is 2. The Balaban J connectivity index is 2.26. The molecule has 2 unspecified atom stereocenters. The van der Waals surface area contributed by atoms with Gasteiger partial charge >= 0.3 is 0 Å². The molecule has 2 atom stereocenters. The van der Waals surface area contributed by atoms with Crippen molar-refractivity contribution in [1.82, 2.24) is 4.90 Å². The number of amides is 1. The van der Waals surface area contributed by atoms with E-state index in [4.69, 9.17) is 0 Å². The summed E-state index contributed by atoms with van der Waals surface area (Å²) >= 11 is 0. The number of carbonyl (C=O) groups excluding carboxylic acids is 2. The lowest BCUT2D eigenvalue weighted by Crippen LogP contribution is -2.30. The van der Waals surface area contributed by atoms with Crippen molar-refractivity contribution in [3.05, 3.63) is 12.7 Å². The summed E-state index contributed by atoms with van der Waals surface area (Å²) < 4.78 is 0. The molecule has 1 aliphatic heterocycles. The molecule has 3 nitrogen and oxygen atoms in total. The van der Waals surface area contributed by atoms with Gasteiger partial charge in [-0.25, -0.2) is 0 Å². The largest absolute Gasteiger partial charge is 0.338 e. The Kier molecular flexibility index (Phi) is 2.21. The average Bonchev–Trinajstić information content (AvgIpc) is 2.54. The Morgan fingerprint density at radius 3 is 2.73 bits per heavy atom. The molecule has 0 aromatic heterocycles. The smallest absolute Gasteiger partial charge is 0.233 e. The zero-order valence-electron chi connectivity index (χ0n) is 9.32. The van der Waals surface area contributed by atoms with E-state index in [1.807, 2.05) is 0 Å². The number of ketones is 1. The number of likely N-dealkylation sites (tertiary alicyclic amines) is 1. The van der Waals surface area contributed by atoms with Gasteiger partial charge in [-0.1, -0.05) is 19.9 Å². The van der Waals surface area contributed by atoms with Crippen molar-refractivity contribution in [2.24, 2.45) is 17.3 Å². The van der Waals surface area contributed by atoms with E-state index in [1.54, 1.807) is 11.0 Å². The Hall–Kier alpha value is -1.12. The first-order chi connectivity index (χ1) is 6.97. The van der Waals surface area contributed by atoms with Crippen LogP contribution in [-0.4, -0.2) is 29.7 Å². The lowest BCUT2D eigenvalue weighted by molar-refractivity contribution is -0.135. The first-order valence-corrected chi connectivity index (χ1v) is 5.40. The SMILES string of the molecule is C=CCN1CC2C(C(=O)CC2(C)C)C1=O. The van der Waals surface area contributed by atoms with Crippen LogP contribution in [0.15, 0.2) is 12.7 Å². The predicted molar refractivity (Wildman–Crippen MR) is 57.2 cm³/mol. The molecule has 1 aliphatic carbocycles. The van der Waals surface area contributed by atoms with Crippen molar-refractivity contribution >= 4 is 11.7 Å². The third kappa shape index (κ3) is 1.41. The second-order valence-electron chi connectivity index (χ2n) is 5.25. The van der Waals surface area contributed by atoms with E-state index in [0.29, 0.717) is 19.5 Å². The van der Waals surface area contributed by atoms with Gasteiger partial charge in [0.25, 0.3) is 0 Å². The van der Waals surface area contributed by atoms with Crippen LogP contribution in [0.4, 0.5) is 0 Å². The molecule has 0 spiro atoms. The highest BCUT2D eigenvalue weighted by molar-refractivity contribution is 6.05. The quantitative estimate of drug-likeness (QED) is 0.505. The molecule has 1 heterocycles. The molecule has 0 N–H and O–H groups in total. The molecule has 1 amide bonds. The fraction of sp³-hybridized carbons (Fsp3) is 0.667. The lowest BCUT2D eigenvalue weighted by atomic mass is 9.80. The molecule has 1 saturated heterocycles. The summed E-state index contributed by atoms with van der Waals surface area (Å²) in [5, 5.41) is 0. The summed E-state index contributed by atoms with van der Waals surface area (Å²) in [4.78, 5) is 25.4. The number of carbonyl (C=O) groups is 2. The molecule has 0 bridgehead atoms. The third-order valence-electron chi connectivity index (χ3n) is 3.73. The van der Waals surface area contributed by atoms with Crippen LogP contribution in [-0.2, 0) is 9.59 Å². The Labute approximate surface area is 90.1 Å². The minimum atomic E-state index is -0.361. The Bertz CT molecular complexity index is 333. The highest BCUT2D eigenvalue weighted by atomic mass is 16.2. The van der Waals surface area contributed by atoms with Crippen LogP contribution in [0.1, 0.15) is 20.3 Å². The lowest BCUT2D eigenvalue weighted by Gasteiger charge is -2.25. The van der Waals surface area contributed by atoms with Gasteiger partial charge in [0, 0.05) is 25.4 Å². The molecule has 0 aromatic carbocycles. The summed E-state index contributed by atoms with van der Waals surface area (Å²) in [5.74, 6) is -0.0190. The van der Waals surface area contributed by atoms with Crippen LogP contribution < -0.4 is 0 Å². The fourth-order valence-corrected chi connectivity index (χ4v) is 2.87. The summed E-state index contributed by atoms with van der Waals surface area (Å²) in [5.41, 5.74) is -0.0205. The van der Waals surface area contributed by atoms with Gasteiger partial charge in [-0.3, -0.25) is 9.59 Å². The number of nitrogens with zero attached hydrogens (tertiary/aromatic N) is 1. The highest BCUT2D eigenvalue weighted by Gasteiger charge is 2.56. The molecule has 2 aliphatic rings. The highest BCUT2D eigenvalue weighted by Crippen LogP contribution is 2.48. The van der Waals surface area contributed by atoms with E-state index in [2.05, 4.69) is 20.4 Å². The van der Waals surface area contributed by atoms with E-state index in [-0.39, 0.29) is 28.9 Å². The molecule has 82 valence electrons. The monoisotopic (exact) mass is 207 g/mol. The Morgan fingerprint density at radius 2 is 2.20 bits per heavy atom. The maximum Gasteiger partial charge on any atom is 0.233 e. The number of hydrogen-bond acceptors (Lipinski definition) is 2. The van der Waals surface area contributed by atoms with Crippen LogP contribution in [0.3, 0.4) is 0 Å². The van der Waals surface area contributed by atoms with Crippen LogP contribution in [0.2, 0.25) is 0 Å². The molecule has 0 aromatic rings. The van der Waals surface area contributed by atoms with Gasteiger partial charge < -0.3 is 4.90 Å². The second kappa shape index (κ2) is 3.19. The van der Waals surface area contributed by atoms with Crippen LogP contribution in [0.5, 0.6) is 0 Å². The van der Waals surface area contributed by atoms with Gasteiger partial charge in [-0.05, 0) is 5.41 Å². The number of hydrogen-bond donors (Lipinski definition) is 0. The zero-order valence-corrected chi connectivity index (χ0v) is 9.32. The van der Waals surface area contributed by atoms with E-state index in [0.717, 1.165) is 0 Å². The molecule has 1 saturated carbocycles. The van der Waals surface area contributed by atoms with Crippen LogP contribution in [0, 0.1) is 17.3 Å². The molecule has 2 fully saturated rings. The van der Waals surface area contributed by atoms with Gasteiger partial charge in [0.1, 0.15) is 11.7 Å². The standard InChI is InChI=1S/C12H17NO2/c1-4-5-13-7-8-10(11(13)15)9(14)6-12(8,2)3/h4,8,10H,1,5-7H2,2-3H3. The van der Waals surface area contributed by atoms with Gasteiger partial charge in [0.2, 0.25) is 5.91 Å². The first kappa shape index (κ1) is 10.4. The summed E-state index contributed by atoms with van der Waals surface area (Å²) in [6.45, 7) is 9.08. The van der Waals surface area contributed by atoms with E-state index in [1.165, 1.54) is 0 Å². The van der Waals surface area contributed by atoms with Crippen molar-refractivity contribution in [1.29, 1.82) is 0 Å². The molecular formula is C12H17NO2. The van der Waals surface area contributed by atoms with Crippen molar-refractivity contribution in [3.8, 4) is 0 Å². The van der Waals surface area contributed by atoms with E-state index in [9.17, 15) is 9.59 Å². The van der Waals surface area contributed by atoms with Crippen molar-refractivity contribution in [3.63, 3.8) is 0 Å². The van der Waals surface area contributed by atoms with Crippen molar-refractivity contribution in [2.45, 2.75) is 20.3 Å². The normalized spacial score (nSPS) is 33.3. The summed E-state index contributed by atoms with van der Waals surface area (Å²) in [6, 6.07) is 0. The van der Waals surface area contributed by atoms with Gasteiger partial charge in [-0.2, -0.15) is 0 Å². The molecule has 3 heteroatoms. The maximum absolute atomic E-state index is 11.9. The second-order valence-corrected chi connectivity index (χ2v) is 5.25. The summed E-state index contributed by atoms with van der Waals surface area (Å²) in [6.07, 6.45) is 2.27. The van der Waals surface area contributed by atoms with Crippen LogP contribution >= 0.6 is 0 Å². The average molecular weight is 207 g/mol. The predicted octanol–water partition coefficient (Wildman–Crippen LogP) is 1.25. The number of Topliss-reactive ketones (excluding diaryl/α,β-unsaturated/α-hetero) is 1. The fourth-order valence-electron chi connectivity index (χ4n) is 2.87. The molecule has 15 heavy (non-hydrogen) atoms. The van der Waals surface area contributed by atoms with E-state index >= 15 is 0 Å². The van der Waals surface area contributed by atoms with Crippen LogP contribution in [0.25, 0.3) is 0 Å². The molecular weight excluding hydrogens is 190 g/mol. The minimum absolute atomic E-state index is 0.00970. The molecule has 2 rings (SSSR count). The molecule has 0 radical (unpaired) electrons. The van der Waals surface area contributed by atoms with Gasteiger partial charge in [-0.15, -0.1) is 6.58 Å². The zero-order chi connectivity index (χ0) is 11.2. The van der Waals surface area contributed by atoms with Gasteiger partial charge in [0.05, 0.1) is 0 Å². The van der Waals surface area contributed by atoms with Crippen molar-refractivity contribution < 1.29 is 9.59 Å². The topological polar surface area (TPSA) is 37.4 Å².